The van der Waals surface area contributed by atoms with E-state index in [-0.39, 0.29) is 6.10 Å². The van der Waals surface area contributed by atoms with E-state index < -0.39 is 0 Å². The Morgan fingerprint density at radius 1 is 1.69 bits per heavy atom. The van der Waals surface area contributed by atoms with Gasteiger partial charge in [0.2, 0.25) is 0 Å². The first kappa shape index (κ1) is 11.4. The van der Waals surface area contributed by atoms with Crippen LogP contribution in [0.2, 0.25) is 0 Å². The molecule has 0 aromatic heterocycles. The molecule has 4 heteroatoms. The third kappa shape index (κ3) is 3.94. The number of nitrogens with zero attached hydrogens (tertiary/aromatic N) is 1. The van der Waals surface area contributed by atoms with Gasteiger partial charge in [-0.15, -0.1) is 0 Å². The van der Waals surface area contributed by atoms with Crippen molar-refractivity contribution in [1.29, 1.82) is 0 Å². The van der Waals surface area contributed by atoms with Crippen molar-refractivity contribution in [3.8, 4) is 0 Å². The third-order valence-corrected chi connectivity index (χ3v) is 3.17. The molecule has 0 aromatic rings. The van der Waals surface area contributed by atoms with Crippen molar-refractivity contribution in [3.05, 3.63) is 0 Å². The molecule has 2 unspecified atom stereocenters. The van der Waals surface area contributed by atoms with Crippen molar-refractivity contribution in [2.45, 2.75) is 12.5 Å². The quantitative estimate of drug-likeness (QED) is 0.731. The van der Waals surface area contributed by atoms with Gasteiger partial charge in [-0.25, -0.2) is 0 Å². The van der Waals surface area contributed by atoms with Gasteiger partial charge in [-0.05, 0) is 18.9 Å². The van der Waals surface area contributed by atoms with Crippen molar-refractivity contribution < 1.29 is 9.84 Å². The Bertz CT molecular complexity index is 146. The van der Waals surface area contributed by atoms with E-state index in [1.807, 2.05) is 0 Å². The molecule has 0 amide bonds. The summed E-state index contributed by atoms with van der Waals surface area (Å²) in [5.74, 6) is 0.660. The average molecular weight is 252 g/mol. The van der Waals surface area contributed by atoms with Crippen LogP contribution in [0.25, 0.3) is 0 Å². The molecule has 0 spiro atoms. The van der Waals surface area contributed by atoms with Gasteiger partial charge < -0.3 is 14.7 Å². The summed E-state index contributed by atoms with van der Waals surface area (Å²) in [5.41, 5.74) is 0. The molecule has 0 saturated carbocycles. The Balaban J connectivity index is 2.17. The SMILES string of the molecule is COCC1CCN(CC(O)CBr)C1. The molecular formula is C9H18BrNO2. The second-order valence-electron chi connectivity index (χ2n) is 3.68. The summed E-state index contributed by atoms with van der Waals surface area (Å²) in [6.07, 6.45) is 0.962. The molecule has 13 heavy (non-hydrogen) atoms. The lowest BCUT2D eigenvalue weighted by Crippen LogP contribution is -2.31. The fraction of sp³-hybridized carbons (Fsp3) is 1.00. The molecule has 2 atom stereocenters. The fourth-order valence-corrected chi connectivity index (χ4v) is 2.00. The van der Waals surface area contributed by atoms with Crippen LogP contribution < -0.4 is 0 Å². The Labute approximate surface area is 88.2 Å². The van der Waals surface area contributed by atoms with Gasteiger partial charge in [0, 0.05) is 25.5 Å². The van der Waals surface area contributed by atoms with E-state index in [1.165, 1.54) is 6.42 Å². The molecule has 0 aliphatic carbocycles. The summed E-state index contributed by atoms with van der Waals surface area (Å²) in [6, 6.07) is 0. The lowest BCUT2D eigenvalue weighted by molar-refractivity contribution is 0.129. The molecule has 0 aromatic carbocycles. The summed E-state index contributed by atoms with van der Waals surface area (Å²) in [5, 5.41) is 10.1. The highest BCUT2D eigenvalue weighted by atomic mass is 79.9. The molecule has 1 fully saturated rings. The highest BCUT2D eigenvalue weighted by Crippen LogP contribution is 2.16. The van der Waals surface area contributed by atoms with E-state index in [1.54, 1.807) is 7.11 Å². The fourth-order valence-electron chi connectivity index (χ4n) is 1.80. The van der Waals surface area contributed by atoms with Crippen LogP contribution in [-0.2, 0) is 4.74 Å². The summed E-state index contributed by atoms with van der Waals surface area (Å²) in [4.78, 5) is 2.30. The molecule has 1 N–H and O–H groups in total. The van der Waals surface area contributed by atoms with E-state index >= 15 is 0 Å². The van der Waals surface area contributed by atoms with Gasteiger partial charge in [0.15, 0.2) is 0 Å². The zero-order valence-electron chi connectivity index (χ0n) is 8.08. The van der Waals surface area contributed by atoms with Crippen LogP contribution in [0.1, 0.15) is 6.42 Å². The predicted molar refractivity (Wildman–Crippen MR) is 56.2 cm³/mol. The third-order valence-electron chi connectivity index (χ3n) is 2.42. The Hall–Kier alpha value is 0.360. The number of aliphatic hydroxyl groups excluding tert-OH is 1. The summed E-state index contributed by atoms with van der Waals surface area (Å²) in [7, 11) is 1.75. The molecule has 1 heterocycles. The van der Waals surface area contributed by atoms with Gasteiger partial charge in [-0.1, -0.05) is 15.9 Å². The van der Waals surface area contributed by atoms with Crippen LogP contribution in [-0.4, -0.2) is 54.8 Å². The van der Waals surface area contributed by atoms with E-state index in [2.05, 4.69) is 20.8 Å². The first-order valence-corrected chi connectivity index (χ1v) is 5.83. The molecule has 78 valence electrons. The van der Waals surface area contributed by atoms with Crippen molar-refractivity contribution in [2.24, 2.45) is 5.92 Å². The number of ether oxygens (including phenoxy) is 1. The minimum Gasteiger partial charge on any atom is -0.391 e. The van der Waals surface area contributed by atoms with Crippen LogP contribution in [0.3, 0.4) is 0 Å². The molecule has 1 rings (SSSR count). The maximum absolute atomic E-state index is 9.41. The summed E-state index contributed by atoms with van der Waals surface area (Å²) >= 11 is 3.27. The highest BCUT2D eigenvalue weighted by Gasteiger charge is 2.23. The number of hydrogen-bond donors (Lipinski definition) is 1. The van der Waals surface area contributed by atoms with E-state index in [0.29, 0.717) is 11.2 Å². The highest BCUT2D eigenvalue weighted by molar-refractivity contribution is 9.09. The van der Waals surface area contributed by atoms with Crippen molar-refractivity contribution in [3.63, 3.8) is 0 Å². The summed E-state index contributed by atoms with van der Waals surface area (Å²) in [6.45, 7) is 3.79. The van der Waals surface area contributed by atoms with Gasteiger partial charge in [0.1, 0.15) is 0 Å². The monoisotopic (exact) mass is 251 g/mol. The molecule has 1 aliphatic rings. The van der Waals surface area contributed by atoms with Crippen molar-refractivity contribution >= 4 is 15.9 Å². The van der Waals surface area contributed by atoms with Gasteiger partial charge in [-0.2, -0.15) is 0 Å². The number of alkyl halides is 1. The van der Waals surface area contributed by atoms with E-state index in [4.69, 9.17) is 4.74 Å². The predicted octanol–water partition coefficient (Wildman–Crippen LogP) is 0.710. The molecule has 1 saturated heterocycles. The maximum atomic E-state index is 9.41. The minimum atomic E-state index is -0.235. The Morgan fingerprint density at radius 3 is 3.08 bits per heavy atom. The van der Waals surface area contributed by atoms with Crippen molar-refractivity contribution in [1.82, 2.24) is 4.90 Å². The number of β-amino-alcohol motifs (C(OH)–C–C–N with tert-alkyl or cyclic N) is 1. The molecule has 3 nitrogen and oxygen atoms in total. The standard InChI is InChI=1S/C9H18BrNO2/c1-13-7-8-2-3-11(5-8)6-9(12)4-10/h8-9,12H,2-7H2,1H3. The normalized spacial score (nSPS) is 26.5. The van der Waals surface area contributed by atoms with Gasteiger partial charge in [0.05, 0.1) is 12.7 Å². The largest absolute Gasteiger partial charge is 0.391 e. The van der Waals surface area contributed by atoms with Crippen LogP contribution in [0.4, 0.5) is 0 Å². The lowest BCUT2D eigenvalue weighted by Gasteiger charge is -2.18. The minimum absolute atomic E-state index is 0.235. The number of halogens is 1. The lowest BCUT2D eigenvalue weighted by atomic mass is 10.1. The van der Waals surface area contributed by atoms with Gasteiger partial charge in [-0.3, -0.25) is 0 Å². The van der Waals surface area contributed by atoms with E-state index in [0.717, 1.165) is 26.2 Å². The Kier molecular flexibility index (Phi) is 5.24. The van der Waals surface area contributed by atoms with Crippen LogP contribution >= 0.6 is 15.9 Å². The number of rotatable bonds is 5. The zero-order valence-corrected chi connectivity index (χ0v) is 9.66. The smallest absolute Gasteiger partial charge is 0.0763 e. The second kappa shape index (κ2) is 5.96. The van der Waals surface area contributed by atoms with Crippen LogP contribution in [0, 0.1) is 5.92 Å². The zero-order chi connectivity index (χ0) is 9.68. The van der Waals surface area contributed by atoms with Crippen LogP contribution in [0.15, 0.2) is 0 Å². The van der Waals surface area contributed by atoms with Crippen molar-refractivity contribution in [2.75, 3.05) is 38.7 Å². The van der Waals surface area contributed by atoms with Gasteiger partial charge in [0.25, 0.3) is 0 Å². The Morgan fingerprint density at radius 2 is 2.46 bits per heavy atom. The molecule has 1 aliphatic heterocycles. The first-order valence-electron chi connectivity index (χ1n) is 4.71. The average Bonchev–Trinajstić information content (AvgIpc) is 2.53. The molecule has 0 radical (unpaired) electrons. The number of hydrogen-bond acceptors (Lipinski definition) is 3. The van der Waals surface area contributed by atoms with Crippen LogP contribution in [0.5, 0.6) is 0 Å². The number of aliphatic hydroxyl groups is 1. The number of methoxy groups -OCH3 is 1. The second-order valence-corrected chi connectivity index (χ2v) is 4.33. The maximum Gasteiger partial charge on any atom is 0.0763 e. The van der Waals surface area contributed by atoms with Gasteiger partial charge >= 0.3 is 0 Å². The first-order chi connectivity index (χ1) is 6.26. The topological polar surface area (TPSA) is 32.7 Å². The molecule has 0 bridgehead atoms. The molecular weight excluding hydrogens is 234 g/mol. The summed E-state index contributed by atoms with van der Waals surface area (Å²) < 4.78 is 5.11. The number of likely N-dealkylation sites (tertiary alicyclic amines) is 1. The van der Waals surface area contributed by atoms with E-state index in [9.17, 15) is 5.11 Å².